The quantitative estimate of drug-likeness (QED) is 0.813. The number of rotatable bonds is 5. The van der Waals surface area contributed by atoms with E-state index in [0.717, 1.165) is 23.4 Å². The Hall–Kier alpha value is -2.67. The predicted molar refractivity (Wildman–Crippen MR) is 85.8 cm³/mol. The standard InChI is InChI=1S/C17H19N3O/c1-3-9-21-16-6-4-5-14(17(16)19)20-15-10-13(11-18)8-7-12(15)2/h4-8,10,20H,3,9,19H2,1-2H3. The summed E-state index contributed by atoms with van der Waals surface area (Å²) in [6, 6.07) is 13.3. The first-order valence-corrected chi connectivity index (χ1v) is 6.94. The maximum absolute atomic E-state index is 8.99. The van der Waals surface area contributed by atoms with Crippen molar-refractivity contribution < 1.29 is 4.74 Å². The molecule has 2 aromatic carbocycles. The van der Waals surface area contributed by atoms with Crippen LogP contribution in [0.5, 0.6) is 5.75 Å². The molecule has 0 spiro atoms. The van der Waals surface area contributed by atoms with Crippen LogP contribution >= 0.6 is 0 Å². The first kappa shape index (κ1) is 14.7. The van der Waals surface area contributed by atoms with Gasteiger partial charge in [0.05, 0.1) is 29.6 Å². The Kier molecular flexibility index (Phi) is 4.68. The zero-order chi connectivity index (χ0) is 15.2. The smallest absolute Gasteiger partial charge is 0.144 e. The Morgan fingerprint density at radius 2 is 2.05 bits per heavy atom. The number of benzene rings is 2. The van der Waals surface area contributed by atoms with Gasteiger partial charge in [-0.1, -0.05) is 19.1 Å². The summed E-state index contributed by atoms with van der Waals surface area (Å²) in [5.74, 6) is 0.677. The molecule has 4 heteroatoms. The molecule has 0 saturated carbocycles. The van der Waals surface area contributed by atoms with E-state index in [-0.39, 0.29) is 0 Å². The van der Waals surface area contributed by atoms with Crippen LogP contribution < -0.4 is 15.8 Å². The van der Waals surface area contributed by atoms with E-state index in [9.17, 15) is 0 Å². The third-order valence-electron chi connectivity index (χ3n) is 3.16. The van der Waals surface area contributed by atoms with Crippen LogP contribution in [0.25, 0.3) is 0 Å². The van der Waals surface area contributed by atoms with Gasteiger partial charge in [0.25, 0.3) is 0 Å². The van der Waals surface area contributed by atoms with Crippen molar-refractivity contribution in [3.63, 3.8) is 0 Å². The maximum Gasteiger partial charge on any atom is 0.144 e. The van der Waals surface area contributed by atoms with Gasteiger partial charge in [-0.05, 0) is 43.2 Å². The molecule has 0 atom stereocenters. The minimum Gasteiger partial charge on any atom is -0.491 e. The van der Waals surface area contributed by atoms with E-state index in [0.29, 0.717) is 23.6 Å². The lowest BCUT2D eigenvalue weighted by molar-refractivity contribution is 0.319. The van der Waals surface area contributed by atoms with Crippen LogP contribution in [-0.2, 0) is 0 Å². The average molecular weight is 281 g/mol. The minimum absolute atomic E-state index is 0.577. The van der Waals surface area contributed by atoms with Gasteiger partial charge < -0.3 is 15.8 Å². The highest BCUT2D eigenvalue weighted by molar-refractivity contribution is 5.78. The number of nitriles is 1. The van der Waals surface area contributed by atoms with Crippen molar-refractivity contribution >= 4 is 17.1 Å². The molecule has 0 aromatic heterocycles. The monoisotopic (exact) mass is 281 g/mol. The molecule has 0 bridgehead atoms. The van der Waals surface area contributed by atoms with Gasteiger partial charge in [-0.3, -0.25) is 0 Å². The SMILES string of the molecule is CCCOc1cccc(Nc2cc(C#N)ccc2C)c1N. The zero-order valence-corrected chi connectivity index (χ0v) is 12.3. The van der Waals surface area contributed by atoms with Crippen molar-refractivity contribution in [2.24, 2.45) is 0 Å². The summed E-state index contributed by atoms with van der Waals surface area (Å²) in [5, 5.41) is 12.3. The molecule has 4 nitrogen and oxygen atoms in total. The maximum atomic E-state index is 8.99. The van der Waals surface area contributed by atoms with Crippen molar-refractivity contribution in [2.75, 3.05) is 17.7 Å². The zero-order valence-electron chi connectivity index (χ0n) is 12.3. The van der Waals surface area contributed by atoms with E-state index >= 15 is 0 Å². The van der Waals surface area contributed by atoms with E-state index in [1.54, 1.807) is 6.07 Å². The van der Waals surface area contributed by atoms with Gasteiger partial charge in [-0.2, -0.15) is 5.26 Å². The number of aryl methyl sites for hydroxylation is 1. The molecule has 3 N–H and O–H groups in total. The van der Waals surface area contributed by atoms with Crippen LogP contribution in [0.15, 0.2) is 36.4 Å². The van der Waals surface area contributed by atoms with Gasteiger partial charge in [0.2, 0.25) is 0 Å². The highest BCUT2D eigenvalue weighted by Crippen LogP contribution is 2.32. The fourth-order valence-corrected chi connectivity index (χ4v) is 1.96. The van der Waals surface area contributed by atoms with Gasteiger partial charge in [0, 0.05) is 5.69 Å². The van der Waals surface area contributed by atoms with Crippen molar-refractivity contribution in [3.05, 3.63) is 47.5 Å². The predicted octanol–water partition coefficient (Wildman–Crippen LogP) is 3.98. The fourth-order valence-electron chi connectivity index (χ4n) is 1.96. The van der Waals surface area contributed by atoms with Crippen molar-refractivity contribution in [1.29, 1.82) is 5.26 Å². The molecule has 0 amide bonds. The van der Waals surface area contributed by atoms with Gasteiger partial charge in [-0.15, -0.1) is 0 Å². The summed E-state index contributed by atoms with van der Waals surface area (Å²) < 4.78 is 5.62. The molecule has 0 saturated heterocycles. The second-order valence-corrected chi connectivity index (χ2v) is 4.83. The third-order valence-corrected chi connectivity index (χ3v) is 3.16. The largest absolute Gasteiger partial charge is 0.491 e. The topological polar surface area (TPSA) is 71.1 Å². The van der Waals surface area contributed by atoms with Crippen molar-refractivity contribution in [1.82, 2.24) is 0 Å². The number of nitrogen functional groups attached to an aromatic ring is 1. The second-order valence-electron chi connectivity index (χ2n) is 4.83. The lowest BCUT2D eigenvalue weighted by Crippen LogP contribution is -2.03. The van der Waals surface area contributed by atoms with E-state index in [4.69, 9.17) is 15.7 Å². The second kappa shape index (κ2) is 6.67. The molecule has 0 fully saturated rings. The molecule has 0 aliphatic carbocycles. The number of ether oxygens (including phenoxy) is 1. The van der Waals surface area contributed by atoms with Crippen LogP contribution in [0.2, 0.25) is 0 Å². The van der Waals surface area contributed by atoms with Crippen LogP contribution in [0.4, 0.5) is 17.1 Å². The number of para-hydroxylation sites is 1. The fraction of sp³-hybridized carbons (Fsp3) is 0.235. The van der Waals surface area contributed by atoms with Gasteiger partial charge in [0.15, 0.2) is 0 Å². The summed E-state index contributed by atoms with van der Waals surface area (Å²) in [7, 11) is 0. The summed E-state index contributed by atoms with van der Waals surface area (Å²) in [6.45, 7) is 4.67. The molecule has 0 aliphatic rings. The number of anilines is 3. The molecule has 108 valence electrons. The van der Waals surface area contributed by atoms with Crippen LogP contribution in [-0.4, -0.2) is 6.61 Å². The molecule has 0 aliphatic heterocycles. The van der Waals surface area contributed by atoms with Gasteiger partial charge in [-0.25, -0.2) is 0 Å². The van der Waals surface area contributed by atoms with Gasteiger partial charge >= 0.3 is 0 Å². The molecular formula is C17H19N3O. The Balaban J connectivity index is 2.30. The lowest BCUT2D eigenvalue weighted by atomic mass is 10.1. The Labute approximate surface area is 125 Å². The van der Waals surface area contributed by atoms with Crippen molar-refractivity contribution in [2.45, 2.75) is 20.3 Å². The lowest BCUT2D eigenvalue weighted by Gasteiger charge is -2.15. The van der Waals surface area contributed by atoms with Crippen LogP contribution in [0.3, 0.4) is 0 Å². The summed E-state index contributed by atoms with van der Waals surface area (Å²) in [4.78, 5) is 0. The number of hydrogen-bond acceptors (Lipinski definition) is 4. The number of nitrogens with two attached hydrogens (primary N) is 1. The van der Waals surface area contributed by atoms with E-state index in [2.05, 4.69) is 18.3 Å². The minimum atomic E-state index is 0.577. The molecule has 0 unspecified atom stereocenters. The van der Waals surface area contributed by atoms with E-state index in [1.807, 2.05) is 37.3 Å². The van der Waals surface area contributed by atoms with Gasteiger partial charge in [0.1, 0.15) is 5.75 Å². The molecule has 0 heterocycles. The Morgan fingerprint density at radius 1 is 1.24 bits per heavy atom. The normalized spacial score (nSPS) is 9.95. The van der Waals surface area contributed by atoms with E-state index in [1.165, 1.54) is 0 Å². The Morgan fingerprint density at radius 3 is 2.76 bits per heavy atom. The first-order valence-electron chi connectivity index (χ1n) is 6.94. The van der Waals surface area contributed by atoms with E-state index < -0.39 is 0 Å². The van der Waals surface area contributed by atoms with Crippen LogP contribution in [0.1, 0.15) is 24.5 Å². The number of nitrogens with one attached hydrogen (secondary N) is 1. The molecule has 2 rings (SSSR count). The average Bonchev–Trinajstić information content (AvgIpc) is 2.50. The highest BCUT2D eigenvalue weighted by Gasteiger charge is 2.08. The Bertz CT molecular complexity index is 674. The molecule has 21 heavy (non-hydrogen) atoms. The molecule has 0 radical (unpaired) electrons. The van der Waals surface area contributed by atoms with Crippen LogP contribution in [0, 0.1) is 18.3 Å². The number of hydrogen-bond donors (Lipinski definition) is 2. The number of nitrogens with zero attached hydrogens (tertiary/aromatic N) is 1. The summed E-state index contributed by atoms with van der Waals surface area (Å²) >= 11 is 0. The highest BCUT2D eigenvalue weighted by atomic mass is 16.5. The molecular weight excluding hydrogens is 262 g/mol. The first-order chi connectivity index (χ1) is 10.2. The third kappa shape index (κ3) is 3.46. The summed E-state index contributed by atoms with van der Waals surface area (Å²) in [6.07, 6.45) is 0.931. The summed E-state index contributed by atoms with van der Waals surface area (Å²) in [5.41, 5.74) is 10.0. The molecule has 2 aromatic rings. The van der Waals surface area contributed by atoms with Crippen molar-refractivity contribution in [3.8, 4) is 11.8 Å².